The molecule has 1 N–H and O–H groups in total. The summed E-state index contributed by atoms with van der Waals surface area (Å²) in [5.74, 6) is -0.266. The lowest BCUT2D eigenvalue weighted by molar-refractivity contribution is -0.153. The van der Waals surface area contributed by atoms with Crippen molar-refractivity contribution in [2.24, 2.45) is 5.92 Å². The second-order valence-electron chi connectivity index (χ2n) is 6.76. The molecule has 0 saturated carbocycles. The first-order valence-electron chi connectivity index (χ1n) is 8.31. The van der Waals surface area contributed by atoms with Gasteiger partial charge in [0.25, 0.3) is 0 Å². The zero-order chi connectivity index (χ0) is 17.3. The molecule has 2 saturated heterocycles. The van der Waals surface area contributed by atoms with Crippen molar-refractivity contribution in [2.45, 2.75) is 37.6 Å². The normalized spacial score (nSPS) is 32.2. The third-order valence-corrected chi connectivity index (χ3v) is 5.24. The highest BCUT2D eigenvalue weighted by Crippen LogP contribution is 2.41. The molecule has 7 heteroatoms. The van der Waals surface area contributed by atoms with Crippen molar-refractivity contribution in [3.05, 3.63) is 35.9 Å². The van der Waals surface area contributed by atoms with Crippen molar-refractivity contribution >= 4 is 19.8 Å². The van der Waals surface area contributed by atoms with Gasteiger partial charge in [-0.15, -0.1) is 0 Å². The topological polar surface area (TPSA) is 67.9 Å². The monoisotopic (exact) mass is 330 g/mol. The van der Waals surface area contributed by atoms with E-state index in [4.69, 9.17) is 9.47 Å². The van der Waals surface area contributed by atoms with Crippen LogP contribution in [0.4, 0.5) is 4.79 Å². The van der Waals surface area contributed by atoms with Crippen molar-refractivity contribution in [3.8, 4) is 0 Å². The number of nitrogens with zero attached hydrogens (tertiary/aromatic N) is 1. The number of esters is 1. The number of nitrogens with one attached hydrogen (secondary N) is 1. The van der Waals surface area contributed by atoms with Crippen LogP contribution in [-0.4, -0.2) is 56.0 Å². The number of hydrogen-bond acceptors (Lipinski definition) is 4. The standard InChI is InChI=1S/C17H23BN2O4/c1-11-14-15(18)24-17(11,10-19-16(22)20(14)2)8-13(21)23-9-12-6-4-3-5-7-12/h3-7,11,14-15H,8-10,18H2,1-2H3,(H,19,22)/t11?,14-,15+,17-/m0/s1. The molecule has 1 aromatic rings. The molecule has 0 aliphatic carbocycles. The van der Waals surface area contributed by atoms with Crippen LogP contribution in [0.25, 0.3) is 0 Å². The molecule has 24 heavy (non-hydrogen) atoms. The van der Waals surface area contributed by atoms with E-state index in [0.29, 0.717) is 6.54 Å². The molecular weight excluding hydrogens is 307 g/mol. The number of carbonyl (C=O) groups excluding carboxylic acids is 2. The van der Waals surface area contributed by atoms with E-state index in [9.17, 15) is 9.59 Å². The van der Waals surface area contributed by atoms with E-state index in [1.165, 1.54) is 0 Å². The number of benzene rings is 1. The summed E-state index contributed by atoms with van der Waals surface area (Å²) in [6.07, 6.45) is 0.135. The zero-order valence-electron chi connectivity index (χ0n) is 14.3. The number of hydrogen-bond donors (Lipinski definition) is 1. The maximum Gasteiger partial charge on any atom is 0.317 e. The van der Waals surface area contributed by atoms with Gasteiger partial charge in [0.05, 0.1) is 18.1 Å². The van der Waals surface area contributed by atoms with Gasteiger partial charge < -0.3 is 19.7 Å². The highest BCUT2D eigenvalue weighted by atomic mass is 16.5. The first-order valence-corrected chi connectivity index (χ1v) is 8.31. The molecule has 0 spiro atoms. The van der Waals surface area contributed by atoms with Gasteiger partial charge in [0.15, 0.2) is 0 Å². The van der Waals surface area contributed by atoms with E-state index in [1.807, 2.05) is 45.1 Å². The van der Waals surface area contributed by atoms with Gasteiger partial charge in [-0.05, 0) is 5.56 Å². The van der Waals surface area contributed by atoms with Crippen LogP contribution in [0.3, 0.4) is 0 Å². The summed E-state index contributed by atoms with van der Waals surface area (Å²) >= 11 is 0. The van der Waals surface area contributed by atoms with Crippen molar-refractivity contribution in [1.82, 2.24) is 10.2 Å². The van der Waals surface area contributed by atoms with Crippen LogP contribution in [0.2, 0.25) is 0 Å². The molecule has 2 bridgehead atoms. The Morgan fingerprint density at radius 3 is 2.88 bits per heavy atom. The summed E-state index contributed by atoms with van der Waals surface area (Å²) in [5, 5.41) is 2.85. The minimum atomic E-state index is -0.710. The lowest BCUT2D eigenvalue weighted by Gasteiger charge is -2.31. The van der Waals surface area contributed by atoms with Crippen LogP contribution in [-0.2, 0) is 20.9 Å². The van der Waals surface area contributed by atoms with Gasteiger partial charge in [-0.25, -0.2) is 4.79 Å². The number of fused-ring (bicyclic) bond motifs is 2. The molecule has 6 nitrogen and oxygen atoms in total. The molecule has 4 atom stereocenters. The predicted molar refractivity (Wildman–Crippen MR) is 91.1 cm³/mol. The van der Waals surface area contributed by atoms with E-state index in [1.54, 1.807) is 11.9 Å². The summed E-state index contributed by atoms with van der Waals surface area (Å²) in [6, 6.07) is 9.29. The van der Waals surface area contributed by atoms with Gasteiger partial charge in [0.2, 0.25) is 0 Å². The van der Waals surface area contributed by atoms with Gasteiger partial charge in [0.1, 0.15) is 14.5 Å². The quantitative estimate of drug-likeness (QED) is 0.645. The van der Waals surface area contributed by atoms with E-state index in [2.05, 4.69) is 5.32 Å². The Labute approximate surface area is 142 Å². The summed E-state index contributed by atoms with van der Waals surface area (Å²) in [4.78, 5) is 26.1. The zero-order valence-corrected chi connectivity index (χ0v) is 14.3. The average Bonchev–Trinajstić information content (AvgIpc) is 2.76. The third kappa shape index (κ3) is 3.00. The second-order valence-corrected chi connectivity index (χ2v) is 6.76. The molecule has 2 heterocycles. The van der Waals surface area contributed by atoms with Crippen molar-refractivity contribution in [2.75, 3.05) is 13.6 Å². The Morgan fingerprint density at radius 2 is 2.17 bits per heavy atom. The fourth-order valence-electron chi connectivity index (χ4n) is 3.90. The van der Waals surface area contributed by atoms with Gasteiger partial charge in [-0.3, -0.25) is 4.79 Å². The van der Waals surface area contributed by atoms with Crippen LogP contribution in [0.5, 0.6) is 0 Å². The Balaban J connectivity index is 1.68. The highest BCUT2D eigenvalue weighted by molar-refractivity contribution is 6.12. The molecule has 0 aromatic heterocycles. The molecule has 1 aromatic carbocycles. The van der Waals surface area contributed by atoms with Crippen molar-refractivity contribution < 1.29 is 19.1 Å². The Bertz CT molecular complexity index is 626. The molecule has 2 aliphatic rings. The minimum absolute atomic E-state index is 0.0423. The minimum Gasteiger partial charge on any atom is -0.461 e. The second kappa shape index (κ2) is 6.47. The van der Waals surface area contributed by atoms with E-state index >= 15 is 0 Å². The smallest absolute Gasteiger partial charge is 0.317 e. The third-order valence-electron chi connectivity index (χ3n) is 5.24. The van der Waals surface area contributed by atoms with Gasteiger partial charge in [0, 0.05) is 25.5 Å². The van der Waals surface area contributed by atoms with Crippen LogP contribution in [0.15, 0.2) is 30.3 Å². The number of urea groups is 1. The van der Waals surface area contributed by atoms with Crippen LogP contribution in [0, 0.1) is 5.92 Å². The van der Waals surface area contributed by atoms with E-state index in [-0.39, 0.29) is 43.0 Å². The van der Waals surface area contributed by atoms with Gasteiger partial charge in [-0.2, -0.15) is 0 Å². The molecule has 0 radical (unpaired) electrons. The van der Waals surface area contributed by atoms with Crippen molar-refractivity contribution in [3.63, 3.8) is 0 Å². The van der Waals surface area contributed by atoms with Crippen LogP contribution in [0.1, 0.15) is 18.9 Å². The van der Waals surface area contributed by atoms with Crippen molar-refractivity contribution in [1.29, 1.82) is 0 Å². The molecule has 2 aliphatic heterocycles. The Kier molecular flexibility index (Phi) is 4.54. The first-order chi connectivity index (χ1) is 11.4. The molecule has 128 valence electrons. The largest absolute Gasteiger partial charge is 0.461 e. The molecule has 3 rings (SSSR count). The maximum atomic E-state index is 12.4. The lowest BCUT2D eigenvalue weighted by Crippen LogP contribution is -2.50. The fourth-order valence-corrected chi connectivity index (χ4v) is 3.90. The molecular formula is C17H23BN2O4. The Morgan fingerprint density at radius 1 is 1.46 bits per heavy atom. The Hall–Kier alpha value is -2.02. The maximum absolute atomic E-state index is 12.4. The molecule has 2 fully saturated rings. The summed E-state index contributed by atoms with van der Waals surface area (Å²) in [6.45, 7) is 2.60. The average molecular weight is 330 g/mol. The molecule has 2 amide bonds. The van der Waals surface area contributed by atoms with Crippen LogP contribution >= 0.6 is 0 Å². The highest BCUT2D eigenvalue weighted by Gasteiger charge is 2.56. The van der Waals surface area contributed by atoms with E-state index in [0.717, 1.165) is 5.56 Å². The summed E-state index contributed by atoms with van der Waals surface area (Å²) in [7, 11) is 3.72. The van der Waals surface area contributed by atoms with Gasteiger partial charge >= 0.3 is 12.0 Å². The van der Waals surface area contributed by atoms with E-state index < -0.39 is 5.60 Å². The first kappa shape index (κ1) is 16.8. The molecule has 1 unspecified atom stereocenters. The predicted octanol–water partition coefficient (Wildman–Crippen LogP) is 0.508. The number of likely N-dealkylation sites (N-methyl/N-ethyl adjacent to an activating group) is 1. The number of rotatable bonds is 4. The summed E-state index contributed by atoms with van der Waals surface area (Å²) in [5.41, 5.74) is 0.238. The number of amides is 2. The lowest BCUT2D eigenvalue weighted by atomic mass is 9.79. The fraction of sp³-hybridized carbons (Fsp3) is 0.529. The SMILES string of the molecule is B[C@@H]1O[C@@]2(CC(=O)OCc3ccccc3)CNC(=O)N(C)[C@H]1C2C. The van der Waals surface area contributed by atoms with Crippen LogP contribution < -0.4 is 5.32 Å². The summed E-state index contributed by atoms with van der Waals surface area (Å²) < 4.78 is 11.6. The number of carbonyl (C=O) groups is 2. The van der Waals surface area contributed by atoms with Gasteiger partial charge in [-0.1, -0.05) is 37.3 Å². The number of ether oxygens (including phenoxy) is 2.